The molecular formula is C29H33NO7. The maximum Gasteiger partial charge on any atom is 0.291 e. The largest absolute Gasteiger partial charge is 0.496 e. The van der Waals surface area contributed by atoms with Gasteiger partial charge in [0.1, 0.15) is 28.7 Å². The van der Waals surface area contributed by atoms with Gasteiger partial charge >= 0.3 is 0 Å². The van der Waals surface area contributed by atoms with E-state index in [1.807, 2.05) is 12.1 Å². The SMILES string of the molecule is COc1cc(OC)c(NC(=O)c2ccc(Oc3cc4c(cc3C=O)C(C)(C)CCC4(C)C)o2)c(OC)c1. The third-order valence-electron chi connectivity index (χ3n) is 7.08. The number of ether oxygens (including phenoxy) is 4. The molecule has 196 valence electrons. The molecule has 1 heterocycles. The summed E-state index contributed by atoms with van der Waals surface area (Å²) in [5, 5.41) is 2.76. The van der Waals surface area contributed by atoms with Gasteiger partial charge < -0.3 is 28.7 Å². The fraction of sp³-hybridized carbons (Fsp3) is 0.379. The highest BCUT2D eigenvalue weighted by Gasteiger charge is 2.38. The number of hydrogen-bond donors (Lipinski definition) is 1. The van der Waals surface area contributed by atoms with Crippen molar-refractivity contribution >= 4 is 17.9 Å². The average Bonchev–Trinajstić information content (AvgIpc) is 3.35. The normalized spacial score (nSPS) is 15.3. The molecule has 0 atom stereocenters. The molecule has 1 aromatic heterocycles. The van der Waals surface area contributed by atoms with Crippen molar-refractivity contribution in [2.75, 3.05) is 26.6 Å². The van der Waals surface area contributed by atoms with Crippen LogP contribution in [0.1, 0.15) is 72.6 Å². The fourth-order valence-corrected chi connectivity index (χ4v) is 4.70. The van der Waals surface area contributed by atoms with Gasteiger partial charge in [-0.2, -0.15) is 0 Å². The van der Waals surface area contributed by atoms with E-state index in [4.69, 9.17) is 23.4 Å². The number of nitrogens with one attached hydrogen (secondary N) is 1. The molecule has 1 N–H and O–H groups in total. The molecule has 4 rings (SSSR count). The molecule has 1 aliphatic carbocycles. The van der Waals surface area contributed by atoms with Crippen LogP contribution in [-0.2, 0) is 10.8 Å². The summed E-state index contributed by atoms with van der Waals surface area (Å²) in [7, 11) is 4.49. The first-order valence-electron chi connectivity index (χ1n) is 12.1. The summed E-state index contributed by atoms with van der Waals surface area (Å²) < 4.78 is 27.7. The van der Waals surface area contributed by atoms with Crippen LogP contribution in [0, 0.1) is 0 Å². The number of aldehydes is 1. The van der Waals surface area contributed by atoms with Crippen molar-refractivity contribution in [1.29, 1.82) is 0 Å². The Balaban J connectivity index is 1.61. The first-order chi connectivity index (χ1) is 17.5. The average molecular weight is 508 g/mol. The highest BCUT2D eigenvalue weighted by Crippen LogP contribution is 2.48. The van der Waals surface area contributed by atoms with Gasteiger partial charge in [-0.15, -0.1) is 0 Å². The summed E-state index contributed by atoms with van der Waals surface area (Å²) in [6.07, 6.45) is 2.84. The van der Waals surface area contributed by atoms with E-state index in [2.05, 4.69) is 33.0 Å². The quantitative estimate of drug-likeness (QED) is 0.347. The third kappa shape index (κ3) is 5.01. The van der Waals surface area contributed by atoms with Crippen molar-refractivity contribution in [3.63, 3.8) is 0 Å². The van der Waals surface area contributed by atoms with Crippen LogP contribution < -0.4 is 24.3 Å². The molecule has 0 aliphatic heterocycles. The number of methoxy groups -OCH3 is 3. The predicted molar refractivity (Wildman–Crippen MR) is 140 cm³/mol. The van der Waals surface area contributed by atoms with Crippen LogP contribution in [0.5, 0.6) is 28.9 Å². The van der Waals surface area contributed by atoms with E-state index in [1.54, 1.807) is 18.2 Å². The molecule has 0 spiro atoms. The number of anilines is 1. The van der Waals surface area contributed by atoms with Crippen molar-refractivity contribution < 1.29 is 33.0 Å². The Kier molecular flexibility index (Phi) is 6.95. The topological polar surface area (TPSA) is 96.2 Å². The van der Waals surface area contributed by atoms with Crippen LogP contribution in [-0.4, -0.2) is 33.5 Å². The first-order valence-corrected chi connectivity index (χ1v) is 12.1. The van der Waals surface area contributed by atoms with Crippen LogP contribution in [0.4, 0.5) is 5.69 Å². The van der Waals surface area contributed by atoms with E-state index >= 15 is 0 Å². The van der Waals surface area contributed by atoms with Gasteiger partial charge in [-0.05, 0) is 53.0 Å². The highest BCUT2D eigenvalue weighted by atomic mass is 16.6. The van der Waals surface area contributed by atoms with Gasteiger partial charge in [0, 0.05) is 18.2 Å². The van der Waals surface area contributed by atoms with E-state index in [0.717, 1.165) is 30.3 Å². The molecule has 2 aromatic carbocycles. The zero-order valence-corrected chi connectivity index (χ0v) is 22.3. The minimum absolute atomic E-state index is 0.0157. The standard InChI is InChI=1S/C29H33NO7/c1-28(2)10-11-29(3,4)20-15-22(17(16-31)12-19(20)28)37-25-9-8-21(36-25)27(32)30-26-23(34-6)13-18(33-5)14-24(26)35-7/h8-9,12-16H,10-11H2,1-7H3,(H,30,32). The van der Waals surface area contributed by atoms with Gasteiger partial charge in [-0.1, -0.05) is 27.7 Å². The Morgan fingerprint density at radius 2 is 1.46 bits per heavy atom. The Bertz CT molecular complexity index is 1310. The molecule has 0 saturated carbocycles. The number of amides is 1. The van der Waals surface area contributed by atoms with E-state index in [9.17, 15) is 9.59 Å². The Morgan fingerprint density at radius 3 is 2.00 bits per heavy atom. The van der Waals surface area contributed by atoms with Crippen molar-refractivity contribution in [1.82, 2.24) is 0 Å². The fourth-order valence-electron chi connectivity index (χ4n) is 4.70. The van der Waals surface area contributed by atoms with Gasteiger partial charge in [0.25, 0.3) is 11.9 Å². The lowest BCUT2D eigenvalue weighted by atomic mass is 9.63. The molecule has 37 heavy (non-hydrogen) atoms. The van der Waals surface area contributed by atoms with Crippen LogP contribution in [0.25, 0.3) is 0 Å². The lowest BCUT2D eigenvalue weighted by Crippen LogP contribution is -2.34. The molecule has 3 aromatic rings. The molecule has 8 heteroatoms. The number of furan rings is 1. The van der Waals surface area contributed by atoms with Crippen molar-refractivity contribution in [3.8, 4) is 28.9 Å². The van der Waals surface area contributed by atoms with Crippen molar-refractivity contribution in [2.24, 2.45) is 0 Å². The number of carbonyl (C=O) groups is 2. The Hall–Kier alpha value is -3.94. The zero-order valence-electron chi connectivity index (χ0n) is 22.3. The van der Waals surface area contributed by atoms with Crippen LogP contribution in [0.3, 0.4) is 0 Å². The van der Waals surface area contributed by atoms with Crippen LogP contribution in [0.15, 0.2) is 40.8 Å². The number of benzene rings is 2. The second kappa shape index (κ2) is 9.84. The summed E-state index contributed by atoms with van der Waals surface area (Å²) in [6.45, 7) is 8.78. The molecule has 0 saturated heterocycles. The number of hydrogen-bond acceptors (Lipinski definition) is 7. The maximum absolute atomic E-state index is 13.0. The van der Waals surface area contributed by atoms with Crippen LogP contribution in [0.2, 0.25) is 0 Å². The highest BCUT2D eigenvalue weighted by molar-refractivity contribution is 6.04. The second-order valence-corrected chi connectivity index (χ2v) is 10.4. The van der Waals surface area contributed by atoms with Gasteiger partial charge in [-0.3, -0.25) is 9.59 Å². The lowest BCUT2D eigenvalue weighted by molar-refractivity contribution is 0.0990. The molecule has 1 amide bonds. The zero-order chi connectivity index (χ0) is 27.0. The lowest BCUT2D eigenvalue weighted by Gasteiger charge is -2.42. The minimum Gasteiger partial charge on any atom is -0.496 e. The van der Waals surface area contributed by atoms with Crippen molar-refractivity contribution in [3.05, 3.63) is 58.8 Å². The monoisotopic (exact) mass is 507 g/mol. The summed E-state index contributed by atoms with van der Waals surface area (Å²) in [6, 6.07) is 10.1. The molecule has 1 aliphatic rings. The van der Waals surface area contributed by atoms with Gasteiger partial charge in [0.15, 0.2) is 12.0 Å². The predicted octanol–water partition coefficient (Wildman–Crippen LogP) is 6.51. The van der Waals surface area contributed by atoms with E-state index in [-0.39, 0.29) is 22.5 Å². The maximum atomic E-state index is 13.0. The Labute approximate surface area is 216 Å². The summed E-state index contributed by atoms with van der Waals surface area (Å²) in [4.78, 5) is 24.9. The second-order valence-electron chi connectivity index (χ2n) is 10.4. The molecule has 0 unspecified atom stereocenters. The minimum atomic E-state index is -0.527. The summed E-state index contributed by atoms with van der Waals surface area (Å²) >= 11 is 0. The number of carbonyl (C=O) groups excluding carboxylic acids is 2. The number of rotatable bonds is 8. The molecule has 0 bridgehead atoms. The first kappa shape index (κ1) is 26.1. The molecule has 8 nitrogen and oxygen atoms in total. The van der Waals surface area contributed by atoms with Crippen LogP contribution >= 0.6 is 0 Å². The van der Waals surface area contributed by atoms with Gasteiger partial charge in [-0.25, -0.2) is 0 Å². The van der Waals surface area contributed by atoms with E-state index in [1.165, 1.54) is 27.4 Å². The molecule has 0 radical (unpaired) electrons. The van der Waals surface area contributed by atoms with Gasteiger partial charge in [0.2, 0.25) is 0 Å². The smallest absolute Gasteiger partial charge is 0.291 e. The van der Waals surface area contributed by atoms with E-state index < -0.39 is 5.91 Å². The molecule has 0 fully saturated rings. The Morgan fingerprint density at radius 1 is 0.865 bits per heavy atom. The molecular weight excluding hydrogens is 474 g/mol. The van der Waals surface area contributed by atoms with E-state index in [0.29, 0.717) is 34.2 Å². The number of fused-ring (bicyclic) bond motifs is 1. The van der Waals surface area contributed by atoms with Gasteiger partial charge in [0.05, 0.1) is 26.9 Å². The third-order valence-corrected chi connectivity index (χ3v) is 7.08. The summed E-state index contributed by atoms with van der Waals surface area (Å²) in [5.74, 6) is 1.21. The summed E-state index contributed by atoms with van der Waals surface area (Å²) in [5.41, 5.74) is 2.96. The van der Waals surface area contributed by atoms with Crippen molar-refractivity contribution in [2.45, 2.75) is 51.4 Å².